The average molecular weight is 280 g/mol. The molecule has 1 aromatic carbocycles. The topological polar surface area (TPSA) is 101 Å². The molecule has 0 radical (unpaired) electrons. The van der Waals surface area contributed by atoms with Crippen LogP contribution in [0, 0.1) is 0 Å². The first-order valence-electron chi connectivity index (χ1n) is 5.96. The Labute approximate surface area is 113 Å². The second kappa shape index (κ2) is 5.40. The number of carbonyl (C=O) groups excluding carboxylic acids is 1. The largest absolute Gasteiger partial charge is 0.399 e. The van der Waals surface area contributed by atoms with Gasteiger partial charge in [0.2, 0.25) is 5.91 Å². The summed E-state index contributed by atoms with van der Waals surface area (Å²) in [4.78, 5) is 18.8. The van der Waals surface area contributed by atoms with Crippen molar-refractivity contribution in [2.75, 3.05) is 12.3 Å². The second-order valence-electron chi connectivity index (χ2n) is 4.15. The van der Waals surface area contributed by atoms with Crippen LogP contribution < -0.4 is 11.1 Å². The van der Waals surface area contributed by atoms with Crippen molar-refractivity contribution in [3.63, 3.8) is 0 Å². The molecule has 1 aromatic heterocycles. The number of benzene rings is 1. The van der Waals surface area contributed by atoms with Crippen molar-refractivity contribution in [1.82, 2.24) is 15.3 Å². The van der Waals surface area contributed by atoms with E-state index in [4.69, 9.17) is 5.73 Å². The highest BCUT2D eigenvalue weighted by Crippen LogP contribution is 2.18. The molecular formula is C12H16N4O2S. The summed E-state index contributed by atoms with van der Waals surface area (Å²) in [5.74, 6) is -0.249. The second-order valence-corrected chi connectivity index (χ2v) is 5.84. The summed E-state index contributed by atoms with van der Waals surface area (Å²) in [7, 11) is -1.52. The number of amides is 1. The van der Waals surface area contributed by atoms with Crippen LogP contribution in [0.2, 0.25) is 0 Å². The van der Waals surface area contributed by atoms with E-state index in [1.54, 1.807) is 25.1 Å². The summed E-state index contributed by atoms with van der Waals surface area (Å²) < 4.78 is 12.2. The Morgan fingerprint density at radius 2 is 2.32 bits per heavy atom. The molecule has 2 atom stereocenters. The molecule has 0 aliphatic heterocycles. The van der Waals surface area contributed by atoms with Crippen LogP contribution in [0.4, 0.5) is 5.69 Å². The quantitative estimate of drug-likeness (QED) is 0.720. The summed E-state index contributed by atoms with van der Waals surface area (Å²) in [5, 5.41) is 2.28. The Morgan fingerprint density at radius 1 is 1.58 bits per heavy atom. The lowest BCUT2D eigenvalue weighted by Crippen LogP contribution is -2.35. The summed E-state index contributed by atoms with van der Waals surface area (Å²) in [6, 6.07) is 5.20. The molecular weight excluding hydrogens is 264 g/mol. The molecule has 1 heterocycles. The number of fused-ring (bicyclic) bond motifs is 1. The first-order chi connectivity index (χ1) is 9.02. The Morgan fingerprint density at radius 3 is 3.00 bits per heavy atom. The fourth-order valence-electron chi connectivity index (χ4n) is 1.68. The SMILES string of the molecule is CCNC(=O)C(C)S(=O)c1nc2ccc(N)cc2[nH]1. The first-order valence-corrected chi connectivity index (χ1v) is 7.17. The van der Waals surface area contributed by atoms with Gasteiger partial charge in [-0.15, -0.1) is 0 Å². The van der Waals surface area contributed by atoms with Crippen LogP contribution in [0.15, 0.2) is 23.4 Å². The molecule has 2 rings (SSSR count). The van der Waals surface area contributed by atoms with Gasteiger partial charge in [-0.3, -0.25) is 9.00 Å². The van der Waals surface area contributed by atoms with Gasteiger partial charge in [-0.1, -0.05) is 0 Å². The Bertz CT molecular complexity index is 638. The number of rotatable bonds is 4. The van der Waals surface area contributed by atoms with Crippen LogP contribution in [-0.2, 0) is 15.6 Å². The highest BCUT2D eigenvalue weighted by Gasteiger charge is 2.23. The van der Waals surface area contributed by atoms with Gasteiger partial charge in [0, 0.05) is 12.2 Å². The summed E-state index contributed by atoms with van der Waals surface area (Å²) in [6.45, 7) is 3.94. The monoisotopic (exact) mass is 280 g/mol. The molecule has 19 heavy (non-hydrogen) atoms. The maximum Gasteiger partial charge on any atom is 0.235 e. The Kier molecular flexibility index (Phi) is 3.84. The molecule has 0 fully saturated rings. The summed E-state index contributed by atoms with van der Waals surface area (Å²) in [6.07, 6.45) is 0. The number of hydrogen-bond acceptors (Lipinski definition) is 4. The normalized spacial score (nSPS) is 14.2. The van der Waals surface area contributed by atoms with E-state index < -0.39 is 16.0 Å². The van der Waals surface area contributed by atoms with E-state index in [1.165, 1.54) is 0 Å². The van der Waals surface area contributed by atoms with Crippen LogP contribution >= 0.6 is 0 Å². The van der Waals surface area contributed by atoms with E-state index in [9.17, 15) is 9.00 Å². The molecule has 7 heteroatoms. The molecule has 0 aliphatic carbocycles. The van der Waals surface area contributed by atoms with Crippen LogP contribution in [0.3, 0.4) is 0 Å². The smallest absolute Gasteiger partial charge is 0.235 e. The molecule has 0 bridgehead atoms. The van der Waals surface area contributed by atoms with Gasteiger partial charge in [0.1, 0.15) is 16.0 Å². The van der Waals surface area contributed by atoms with Gasteiger partial charge in [-0.2, -0.15) is 0 Å². The van der Waals surface area contributed by atoms with Crippen molar-refractivity contribution < 1.29 is 9.00 Å². The van der Waals surface area contributed by atoms with Gasteiger partial charge < -0.3 is 16.0 Å². The number of nitrogens with zero attached hydrogens (tertiary/aromatic N) is 1. The third-order valence-electron chi connectivity index (χ3n) is 2.72. The number of H-pyrrole nitrogens is 1. The van der Waals surface area contributed by atoms with Crippen LogP contribution in [0.5, 0.6) is 0 Å². The number of aromatic amines is 1. The lowest BCUT2D eigenvalue weighted by molar-refractivity contribution is -0.120. The number of anilines is 1. The summed E-state index contributed by atoms with van der Waals surface area (Å²) in [5.41, 5.74) is 7.67. The van der Waals surface area contributed by atoms with Gasteiger partial charge >= 0.3 is 0 Å². The average Bonchev–Trinajstić information content (AvgIpc) is 2.80. The number of nitrogens with one attached hydrogen (secondary N) is 2. The minimum atomic E-state index is -1.52. The van der Waals surface area contributed by atoms with E-state index in [0.29, 0.717) is 28.4 Å². The number of carbonyl (C=O) groups is 1. The predicted octanol–water partition coefficient (Wildman–Crippen LogP) is 0.777. The molecule has 2 aromatic rings. The van der Waals surface area contributed by atoms with Crippen molar-refractivity contribution in [1.29, 1.82) is 0 Å². The highest BCUT2D eigenvalue weighted by atomic mass is 32.2. The number of hydrogen-bond donors (Lipinski definition) is 3. The molecule has 102 valence electrons. The van der Waals surface area contributed by atoms with Crippen molar-refractivity contribution in [2.24, 2.45) is 0 Å². The third kappa shape index (κ3) is 2.76. The maximum absolute atomic E-state index is 12.2. The van der Waals surface area contributed by atoms with E-state index in [-0.39, 0.29) is 5.91 Å². The van der Waals surface area contributed by atoms with Crippen molar-refractivity contribution in [3.05, 3.63) is 18.2 Å². The van der Waals surface area contributed by atoms with E-state index in [0.717, 1.165) is 0 Å². The molecule has 1 amide bonds. The van der Waals surface area contributed by atoms with Crippen molar-refractivity contribution in [3.8, 4) is 0 Å². The Hall–Kier alpha value is -1.89. The zero-order valence-corrected chi connectivity index (χ0v) is 11.6. The molecule has 0 aliphatic rings. The highest BCUT2D eigenvalue weighted by molar-refractivity contribution is 7.86. The number of aromatic nitrogens is 2. The molecule has 4 N–H and O–H groups in total. The third-order valence-corrected chi connectivity index (χ3v) is 4.15. The number of imidazole rings is 1. The van der Waals surface area contributed by atoms with Crippen LogP contribution in [-0.4, -0.2) is 31.9 Å². The van der Waals surface area contributed by atoms with Gasteiger partial charge in [0.05, 0.1) is 11.0 Å². The molecule has 0 spiro atoms. The van der Waals surface area contributed by atoms with Gasteiger partial charge in [-0.05, 0) is 32.0 Å². The van der Waals surface area contributed by atoms with Gasteiger partial charge in [-0.25, -0.2) is 4.98 Å². The standard InChI is InChI=1S/C12H16N4O2S/c1-3-14-11(17)7(2)19(18)12-15-9-5-4-8(13)6-10(9)16-12/h4-7H,3,13H2,1-2H3,(H,14,17)(H,15,16). The van der Waals surface area contributed by atoms with Crippen LogP contribution in [0.25, 0.3) is 11.0 Å². The Balaban J connectivity index is 2.28. The zero-order chi connectivity index (χ0) is 14.0. The number of nitrogen functional groups attached to an aromatic ring is 1. The van der Waals surface area contributed by atoms with Crippen molar-refractivity contribution in [2.45, 2.75) is 24.3 Å². The fourth-order valence-corrected chi connectivity index (χ4v) is 2.69. The molecule has 0 saturated heterocycles. The number of nitrogens with two attached hydrogens (primary N) is 1. The first kappa shape index (κ1) is 13.5. The lowest BCUT2D eigenvalue weighted by Gasteiger charge is -2.08. The van der Waals surface area contributed by atoms with Gasteiger partial charge in [0.25, 0.3) is 0 Å². The molecule has 2 unspecified atom stereocenters. The zero-order valence-electron chi connectivity index (χ0n) is 10.8. The predicted molar refractivity (Wildman–Crippen MR) is 75.1 cm³/mol. The minimum Gasteiger partial charge on any atom is -0.399 e. The van der Waals surface area contributed by atoms with Gasteiger partial charge in [0.15, 0.2) is 5.16 Å². The lowest BCUT2D eigenvalue weighted by atomic mass is 10.3. The van der Waals surface area contributed by atoms with E-state index in [1.807, 2.05) is 6.92 Å². The molecule has 0 saturated carbocycles. The van der Waals surface area contributed by atoms with Crippen molar-refractivity contribution >= 4 is 33.4 Å². The molecule has 6 nitrogen and oxygen atoms in total. The summed E-state index contributed by atoms with van der Waals surface area (Å²) >= 11 is 0. The fraction of sp³-hybridized carbons (Fsp3) is 0.333. The maximum atomic E-state index is 12.2. The minimum absolute atomic E-state index is 0.249. The van der Waals surface area contributed by atoms with E-state index in [2.05, 4.69) is 15.3 Å². The van der Waals surface area contributed by atoms with Crippen LogP contribution in [0.1, 0.15) is 13.8 Å². The van der Waals surface area contributed by atoms with E-state index >= 15 is 0 Å².